The standard InChI is InChI=1S/C20H26O/c1-12(2)18-9-8-13(3)19(11-18)21-20-10-14(4)15(5)16(6)17(20)7/h8-12H,1-7H3. The monoisotopic (exact) mass is 282 g/mol. The van der Waals surface area contributed by atoms with Crippen LogP contribution in [-0.2, 0) is 0 Å². The van der Waals surface area contributed by atoms with Crippen molar-refractivity contribution in [2.75, 3.05) is 0 Å². The maximum absolute atomic E-state index is 6.25. The van der Waals surface area contributed by atoms with Crippen LogP contribution in [-0.4, -0.2) is 0 Å². The number of hydrogen-bond donors (Lipinski definition) is 0. The summed E-state index contributed by atoms with van der Waals surface area (Å²) >= 11 is 0. The molecule has 0 fully saturated rings. The predicted octanol–water partition coefficient (Wildman–Crippen LogP) is 6.14. The summed E-state index contributed by atoms with van der Waals surface area (Å²) in [5.41, 5.74) is 7.68. The van der Waals surface area contributed by atoms with Crippen LogP contribution in [0.1, 0.15) is 53.1 Å². The summed E-state index contributed by atoms with van der Waals surface area (Å²) in [6.07, 6.45) is 0. The van der Waals surface area contributed by atoms with Gasteiger partial charge in [-0.15, -0.1) is 0 Å². The summed E-state index contributed by atoms with van der Waals surface area (Å²) < 4.78 is 6.25. The smallest absolute Gasteiger partial charge is 0.130 e. The molecule has 0 aliphatic carbocycles. The molecule has 0 radical (unpaired) electrons. The lowest BCUT2D eigenvalue weighted by atomic mass is 9.98. The van der Waals surface area contributed by atoms with Crippen molar-refractivity contribution in [2.45, 2.75) is 54.4 Å². The van der Waals surface area contributed by atoms with Crippen LogP contribution >= 0.6 is 0 Å². The minimum atomic E-state index is 0.510. The summed E-state index contributed by atoms with van der Waals surface area (Å²) in [7, 11) is 0. The Hall–Kier alpha value is -1.76. The van der Waals surface area contributed by atoms with E-state index < -0.39 is 0 Å². The Balaban J connectivity index is 2.45. The van der Waals surface area contributed by atoms with E-state index in [1.54, 1.807) is 0 Å². The van der Waals surface area contributed by atoms with E-state index in [4.69, 9.17) is 4.74 Å². The molecule has 0 aromatic heterocycles. The second-order valence-electron chi connectivity index (χ2n) is 6.35. The highest BCUT2D eigenvalue weighted by Gasteiger charge is 2.11. The maximum atomic E-state index is 6.25. The molecule has 2 aromatic rings. The molecule has 0 atom stereocenters. The fourth-order valence-electron chi connectivity index (χ4n) is 2.49. The molecule has 0 aliphatic heterocycles. The zero-order valence-corrected chi connectivity index (χ0v) is 14.3. The van der Waals surface area contributed by atoms with Gasteiger partial charge in [0, 0.05) is 0 Å². The first-order valence-electron chi connectivity index (χ1n) is 7.67. The summed E-state index contributed by atoms with van der Waals surface area (Å²) in [5, 5.41) is 0. The fourth-order valence-corrected chi connectivity index (χ4v) is 2.49. The van der Waals surface area contributed by atoms with E-state index in [0.29, 0.717) is 5.92 Å². The highest BCUT2D eigenvalue weighted by atomic mass is 16.5. The third-order valence-corrected chi connectivity index (χ3v) is 4.53. The lowest BCUT2D eigenvalue weighted by Gasteiger charge is -2.17. The van der Waals surface area contributed by atoms with E-state index in [0.717, 1.165) is 11.5 Å². The van der Waals surface area contributed by atoms with Gasteiger partial charge in [-0.05, 0) is 86.1 Å². The van der Waals surface area contributed by atoms with Crippen LogP contribution in [0.5, 0.6) is 11.5 Å². The molecule has 0 saturated carbocycles. The van der Waals surface area contributed by atoms with Gasteiger partial charge in [-0.25, -0.2) is 0 Å². The molecule has 2 rings (SSSR count). The van der Waals surface area contributed by atoms with Gasteiger partial charge >= 0.3 is 0 Å². The average Bonchev–Trinajstić information content (AvgIpc) is 2.44. The largest absolute Gasteiger partial charge is 0.457 e. The molecule has 0 spiro atoms. The average molecular weight is 282 g/mol. The van der Waals surface area contributed by atoms with Crippen molar-refractivity contribution >= 4 is 0 Å². The molecule has 0 N–H and O–H groups in total. The van der Waals surface area contributed by atoms with Crippen molar-refractivity contribution in [2.24, 2.45) is 0 Å². The normalized spacial score (nSPS) is 11.0. The van der Waals surface area contributed by atoms with Gasteiger partial charge in [0.05, 0.1) is 0 Å². The Kier molecular flexibility index (Phi) is 4.41. The molecule has 1 nitrogen and oxygen atoms in total. The summed E-state index contributed by atoms with van der Waals surface area (Å²) in [5.74, 6) is 2.45. The Morgan fingerprint density at radius 1 is 0.714 bits per heavy atom. The zero-order chi connectivity index (χ0) is 15.7. The molecule has 1 heteroatoms. The molecule has 2 aromatic carbocycles. The van der Waals surface area contributed by atoms with Crippen LogP contribution in [0, 0.1) is 34.6 Å². The lowest BCUT2D eigenvalue weighted by molar-refractivity contribution is 0.473. The highest BCUT2D eigenvalue weighted by Crippen LogP contribution is 2.33. The molecule has 0 bridgehead atoms. The minimum absolute atomic E-state index is 0.510. The van der Waals surface area contributed by atoms with Gasteiger partial charge < -0.3 is 4.74 Å². The van der Waals surface area contributed by atoms with Crippen LogP contribution in [0.4, 0.5) is 0 Å². The Bertz CT molecular complexity index is 666. The summed E-state index contributed by atoms with van der Waals surface area (Å²) in [6.45, 7) is 15.1. The Morgan fingerprint density at radius 2 is 1.38 bits per heavy atom. The second-order valence-corrected chi connectivity index (χ2v) is 6.35. The molecular formula is C20H26O. The number of ether oxygens (including phenoxy) is 1. The molecule has 21 heavy (non-hydrogen) atoms. The van der Waals surface area contributed by atoms with Crippen LogP contribution in [0.15, 0.2) is 24.3 Å². The number of aryl methyl sites for hydroxylation is 2. The first-order chi connectivity index (χ1) is 9.81. The molecule has 0 aliphatic rings. The van der Waals surface area contributed by atoms with E-state index in [-0.39, 0.29) is 0 Å². The Morgan fingerprint density at radius 3 is 2.00 bits per heavy atom. The van der Waals surface area contributed by atoms with Gasteiger partial charge in [0.15, 0.2) is 0 Å². The van der Waals surface area contributed by atoms with Gasteiger partial charge in [0.25, 0.3) is 0 Å². The molecule has 0 amide bonds. The zero-order valence-electron chi connectivity index (χ0n) is 14.3. The van der Waals surface area contributed by atoms with Gasteiger partial charge in [-0.1, -0.05) is 26.0 Å². The third kappa shape index (κ3) is 3.12. The van der Waals surface area contributed by atoms with E-state index >= 15 is 0 Å². The Labute approximate surface area is 129 Å². The van der Waals surface area contributed by atoms with Gasteiger partial charge in [-0.2, -0.15) is 0 Å². The molecular weight excluding hydrogens is 256 g/mol. The molecule has 112 valence electrons. The van der Waals surface area contributed by atoms with Crippen LogP contribution in [0.3, 0.4) is 0 Å². The first kappa shape index (κ1) is 15.6. The van der Waals surface area contributed by atoms with Crippen molar-refractivity contribution in [1.82, 2.24) is 0 Å². The van der Waals surface area contributed by atoms with E-state index in [2.05, 4.69) is 72.7 Å². The lowest BCUT2D eigenvalue weighted by Crippen LogP contribution is -1.97. The predicted molar refractivity (Wildman–Crippen MR) is 90.7 cm³/mol. The van der Waals surface area contributed by atoms with Crippen molar-refractivity contribution < 1.29 is 4.74 Å². The van der Waals surface area contributed by atoms with E-state index in [9.17, 15) is 0 Å². The van der Waals surface area contributed by atoms with Crippen LogP contribution in [0.25, 0.3) is 0 Å². The quantitative estimate of drug-likeness (QED) is 0.656. The van der Waals surface area contributed by atoms with Crippen molar-refractivity contribution in [3.63, 3.8) is 0 Å². The minimum Gasteiger partial charge on any atom is -0.457 e. The van der Waals surface area contributed by atoms with Gasteiger partial charge in [-0.3, -0.25) is 0 Å². The van der Waals surface area contributed by atoms with Crippen LogP contribution < -0.4 is 4.74 Å². The first-order valence-corrected chi connectivity index (χ1v) is 7.67. The van der Waals surface area contributed by atoms with Crippen molar-refractivity contribution in [3.8, 4) is 11.5 Å². The molecule has 0 saturated heterocycles. The number of benzene rings is 2. The second kappa shape index (κ2) is 5.93. The number of hydrogen-bond acceptors (Lipinski definition) is 1. The highest BCUT2D eigenvalue weighted by molar-refractivity contribution is 5.50. The topological polar surface area (TPSA) is 9.23 Å². The fraction of sp³-hybridized carbons (Fsp3) is 0.400. The van der Waals surface area contributed by atoms with Crippen LogP contribution in [0.2, 0.25) is 0 Å². The van der Waals surface area contributed by atoms with E-state index in [1.807, 2.05) is 0 Å². The molecule has 0 heterocycles. The van der Waals surface area contributed by atoms with Crippen molar-refractivity contribution in [3.05, 3.63) is 57.6 Å². The summed E-state index contributed by atoms with van der Waals surface area (Å²) in [6, 6.07) is 8.66. The third-order valence-electron chi connectivity index (χ3n) is 4.53. The SMILES string of the molecule is Cc1ccc(C(C)C)cc1Oc1cc(C)c(C)c(C)c1C. The maximum Gasteiger partial charge on any atom is 0.130 e. The molecule has 0 unspecified atom stereocenters. The summed E-state index contributed by atoms with van der Waals surface area (Å²) in [4.78, 5) is 0. The van der Waals surface area contributed by atoms with Crippen molar-refractivity contribution in [1.29, 1.82) is 0 Å². The number of rotatable bonds is 3. The van der Waals surface area contributed by atoms with E-state index in [1.165, 1.54) is 33.4 Å². The van der Waals surface area contributed by atoms with Gasteiger partial charge in [0.2, 0.25) is 0 Å². The van der Waals surface area contributed by atoms with Gasteiger partial charge in [0.1, 0.15) is 11.5 Å².